The highest BCUT2D eigenvalue weighted by Crippen LogP contribution is 2.26. The Morgan fingerprint density at radius 2 is 1.96 bits per heavy atom. The molecule has 0 saturated carbocycles. The van der Waals surface area contributed by atoms with Crippen LogP contribution in [0, 0.1) is 12.8 Å². The molecule has 2 unspecified atom stereocenters. The number of piperidine rings is 1. The minimum Gasteiger partial charge on any atom is -0.481 e. The molecule has 1 amide bonds. The monoisotopic (exact) mass is 344 g/mol. The van der Waals surface area contributed by atoms with Gasteiger partial charge in [0.15, 0.2) is 0 Å². The number of hydrogen-bond donors (Lipinski definition) is 1. The Morgan fingerprint density at radius 3 is 2.54 bits per heavy atom. The lowest BCUT2D eigenvalue weighted by molar-refractivity contribution is -0.143. The molecule has 1 aliphatic rings. The van der Waals surface area contributed by atoms with Gasteiger partial charge in [0.05, 0.1) is 16.6 Å². The molecule has 0 spiro atoms. The number of nitrogens with zero attached hydrogens (tertiary/aromatic N) is 2. The van der Waals surface area contributed by atoms with Gasteiger partial charge in [-0.1, -0.05) is 12.1 Å². The van der Waals surface area contributed by atoms with E-state index in [0.29, 0.717) is 12.0 Å². The van der Waals surface area contributed by atoms with Gasteiger partial charge in [0.25, 0.3) is 5.91 Å². The van der Waals surface area contributed by atoms with Crippen molar-refractivity contribution in [2.75, 3.05) is 6.54 Å². The highest BCUT2D eigenvalue weighted by atomic mass is 32.1. The number of carbonyl (C=O) groups excluding carboxylic acids is 1. The second-order valence-electron chi connectivity index (χ2n) is 6.25. The number of benzene rings is 1. The lowest BCUT2D eigenvalue weighted by Crippen LogP contribution is -2.47. The lowest BCUT2D eigenvalue weighted by Gasteiger charge is -2.36. The van der Waals surface area contributed by atoms with Crippen molar-refractivity contribution in [3.63, 3.8) is 0 Å². The summed E-state index contributed by atoms with van der Waals surface area (Å²) in [5.41, 5.74) is 2.48. The number of carboxylic acids is 1. The van der Waals surface area contributed by atoms with Crippen LogP contribution in [0.25, 0.3) is 11.3 Å². The quantitative estimate of drug-likeness (QED) is 0.926. The number of aliphatic carboxylic acids is 1. The van der Waals surface area contributed by atoms with Crippen molar-refractivity contribution in [3.05, 3.63) is 40.2 Å². The van der Waals surface area contributed by atoms with Gasteiger partial charge in [0.2, 0.25) is 0 Å². The zero-order chi connectivity index (χ0) is 17.3. The van der Waals surface area contributed by atoms with Crippen LogP contribution in [0.5, 0.6) is 0 Å². The molecule has 1 saturated heterocycles. The maximum atomic E-state index is 12.7. The molecule has 5 nitrogen and oxygen atoms in total. The number of aryl methyl sites for hydroxylation is 1. The standard InChI is InChI=1S/C18H20N2O3S/c1-11-3-4-15(18(22)23)9-20(11)17(21)14-7-5-13(6-8-14)16-10-24-12(2)19-16/h5-8,10-11,15H,3-4,9H2,1-2H3,(H,22,23). The number of carboxylic acid groups (broad SMARTS) is 1. The number of likely N-dealkylation sites (tertiary alicyclic amines) is 1. The number of rotatable bonds is 3. The van der Waals surface area contributed by atoms with Gasteiger partial charge in [-0.15, -0.1) is 11.3 Å². The summed E-state index contributed by atoms with van der Waals surface area (Å²) >= 11 is 1.59. The van der Waals surface area contributed by atoms with Crippen molar-refractivity contribution < 1.29 is 14.7 Å². The van der Waals surface area contributed by atoms with E-state index in [1.54, 1.807) is 28.4 Å². The molecule has 2 heterocycles. The van der Waals surface area contributed by atoms with Crippen LogP contribution in [-0.4, -0.2) is 39.5 Å². The third-order valence-corrected chi connectivity index (χ3v) is 5.31. The van der Waals surface area contributed by atoms with E-state index < -0.39 is 11.9 Å². The molecule has 126 valence electrons. The Balaban J connectivity index is 1.78. The molecule has 2 aromatic rings. The van der Waals surface area contributed by atoms with Crippen molar-refractivity contribution in [1.82, 2.24) is 9.88 Å². The Bertz CT molecular complexity index is 754. The second-order valence-corrected chi connectivity index (χ2v) is 7.31. The van der Waals surface area contributed by atoms with E-state index in [2.05, 4.69) is 4.98 Å². The van der Waals surface area contributed by atoms with Gasteiger partial charge in [-0.2, -0.15) is 0 Å². The lowest BCUT2D eigenvalue weighted by atomic mass is 9.93. The second kappa shape index (κ2) is 6.73. The number of carbonyl (C=O) groups is 2. The van der Waals surface area contributed by atoms with Crippen molar-refractivity contribution >= 4 is 23.2 Å². The van der Waals surface area contributed by atoms with Crippen LogP contribution < -0.4 is 0 Å². The van der Waals surface area contributed by atoms with Crippen molar-refractivity contribution in [3.8, 4) is 11.3 Å². The molecule has 1 aromatic carbocycles. The molecule has 1 N–H and O–H groups in total. The predicted octanol–water partition coefficient (Wildman–Crippen LogP) is 3.44. The largest absolute Gasteiger partial charge is 0.481 e. The first-order valence-electron chi connectivity index (χ1n) is 8.02. The van der Waals surface area contributed by atoms with Crippen LogP contribution in [0.4, 0.5) is 0 Å². The topological polar surface area (TPSA) is 70.5 Å². The summed E-state index contributed by atoms with van der Waals surface area (Å²) in [6, 6.07) is 7.44. The van der Waals surface area contributed by atoms with Gasteiger partial charge in [0.1, 0.15) is 0 Å². The summed E-state index contributed by atoms with van der Waals surface area (Å²) in [6.45, 7) is 4.22. The van der Waals surface area contributed by atoms with E-state index in [0.717, 1.165) is 22.7 Å². The van der Waals surface area contributed by atoms with Gasteiger partial charge in [-0.05, 0) is 38.8 Å². The van der Waals surface area contributed by atoms with Crippen LogP contribution in [0.3, 0.4) is 0 Å². The van der Waals surface area contributed by atoms with Gasteiger partial charge in [-0.25, -0.2) is 4.98 Å². The number of aromatic nitrogens is 1. The average Bonchev–Trinajstić information content (AvgIpc) is 3.01. The smallest absolute Gasteiger partial charge is 0.308 e. The van der Waals surface area contributed by atoms with Crippen LogP contribution >= 0.6 is 11.3 Å². The first-order chi connectivity index (χ1) is 11.5. The molecule has 1 aromatic heterocycles. The summed E-state index contributed by atoms with van der Waals surface area (Å²) in [4.78, 5) is 30.1. The van der Waals surface area contributed by atoms with Gasteiger partial charge in [-0.3, -0.25) is 9.59 Å². The number of hydrogen-bond acceptors (Lipinski definition) is 4. The molecule has 1 fully saturated rings. The summed E-state index contributed by atoms with van der Waals surface area (Å²) in [6.07, 6.45) is 1.35. The molecular weight excluding hydrogens is 324 g/mol. The fourth-order valence-electron chi connectivity index (χ4n) is 3.04. The van der Waals surface area contributed by atoms with E-state index in [1.165, 1.54) is 0 Å². The summed E-state index contributed by atoms with van der Waals surface area (Å²) < 4.78 is 0. The van der Waals surface area contributed by atoms with E-state index in [1.807, 2.05) is 31.4 Å². The Labute approximate surface area is 145 Å². The zero-order valence-electron chi connectivity index (χ0n) is 13.7. The van der Waals surface area contributed by atoms with Gasteiger partial charge >= 0.3 is 5.97 Å². The minimum absolute atomic E-state index is 0.0639. The molecule has 1 aliphatic heterocycles. The first kappa shape index (κ1) is 16.6. The SMILES string of the molecule is Cc1nc(-c2ccc(C(=O)N3CC(C(=O)O)CCC3C)cc2)cs1. The number of amides is 1. The van der Waals surface area contributed by atoms with Gasteiger partial charge < -0.3 is 10.0 Å². The maximum absolute atomic E-state index is 12.7. The first-order valence-corrected chi connectivity index (χ1v) is 8.90. The fourth-order valence-corrected chi connectivity index (χ4v) is 3.66. The Hall–Kier alpha value is -2.21. The Morgan fingerprint density at radius 1 is 1.25 bits per heavy atom. The average molecular weight is 344 g/mol. The molecule has 0 aliphatic carbocycles. The molecule has 6 heteroatoms. The predicted molar refractivity (Wildman–Crippen MR) is 93.1 cm³/mol. The number of thiazole rings is 1. The van der Waals surface area contributed by atoms with E-state index in [4.69, 9.17) is 0 Å². The van der Waals surface area contributed by atoms with Crippen molar-refractivity contribution in [2.24, 2.45) is 5.92 Å². The molecular formula is C18H20N2O3S. The third-order valence-electron chi connectivity index (χ3n) is 4.54. The maximum Gasteiger partial charge on any atom is 0.308 e. The van der Waals surface area contributed by atoms with E-state index >= 15 is 0 Å². The van der Waals surface area contributed by atoms with Crippen LogP contribution in [0.2, 0.25) is 0 Å². The summed E-state index contributed by atoms with van der Waals surface area (Å²) in [7, 11) is 0. The molecule has 3 rings (SSSR count). The molecule has 0 bridgehead atoms. The van der Waals surface area contributed by atoms with Crippen molar-refractivity contribution in [1.29, 1.82) is 0 Å². The van der Waals surface area contributed by atoms with Crippen LogP contribution in [-0.2, 0) is 4.79 Å². The van der Waals surface area contributed by atoms with Crippen LogP contribution in [0.1, 0.15) is 35.1 Å². The zero-order valence-corrected chi connectivity index (χ0v) is 14.5. The van der Waals surface area contributed by atoms with Crippen molar-refractivity contribution in [2.45, 2.75) is 32.7 Å². The van der Waals surface area contributed by atoms with E-state index in [9.17, 15) is 14.7 Å². The summed E-state index contributed by atoms with van der Waals surface area (Å²) in [5.74, 6) is -1.40. The highest BCUT2D eigenvalue weighted by molar-refractivity contribution is 7.09. The minimum atomic E-state index is -0.825. The molecule has 0 radical (unpaired) electrons. The van der Waals surface area contributed by atoms with Gasteiger partial charge in [0, 0.05) is 29.1 Å². The molecule has 2 atom stereocenters. The summed E-state index contributed by atoms with van der Waals surface area (Å²) in [5, 5.41) is 12.2. The van der Waals surface area contributed by atoms with E-state index in [-0.39, 0.29) is 18.5 Å². The highest BCUT2D eigenvalue weighted by Gasteiger charge is 2.32. The molecule has 24 heavy (non-hydrogen) atoms. The third kappa shape index (κ3) is 3.33. The fraction of sp³-hybridized carbons (Fsp3) is 0.389. The Kier molecular flexibility index (Phi) is 4.66. The normalized spacial score (nSPS) is 20.8. The van der Waals surface area contributed by atoms with Crippen LogP contribution in [0.15, 0.2) is 29.6 Å².